The second-order valence-corrected chi connectivity index (χ2v) is 6.71. The first kappa shape index (κ1) is 20.1. The second-order valence-electron chi connectivity index (χ2n) is 6.71. The number of nitrogens with two attached hydrogens (primary N) is 1. The topological polar surface area (TPSA) is 87.5 Å². The van der Waals surface area contributed by atoms with Gasteiger partial charge in [-0.05, 0) is 44.1 Å². The number of hydrogen-bond donors (Lipinski definition) is 3. The molecule has 6 heteroatoms. The standard InChI is InChI=1S/C18H30N4O2/c1-13(2)11-16(19)18(24)21-12-14-5-7-15(8-6-14)17(23)20-9-10-22(3)4/h5-8,13,16H,9-12,19H2,1-4H3,(H,20,23)(H,21,24)/t16-/m0/s1. The van der Waals surface area contributed by atoms with Gasteiger partial charge in [0.15, 0.2) is 0 Å². The first-order chi connectivity index (χ1) is 11.3. The smallest absolute Gasteiger partial charge is 0.251 e. The molecule has 0 aliphatic carbocycles. The van der Waals surface area contributed by atoms with E-state index in [0.717, 1.165) is 12.1 Å². The zero-order valence-corrected chi connectivity index (χ0v) is 15.1. The average molecular weight is 334 g/mol. The number of benzene rings is 1. The number of amides is 2. The van der Waals surface area contributed by atoms with Crippen LogP contribution in [0.25, 0.3) is 0 Å². The molecule has 0 saturated carbocycles. The Labute approximate surface area is 144 Å². The van der Waals surface area contributed by atoms with Gasteiger partial charge in [-0.1, -0.05) is 26.0 Å². The number of hydrogen-bond acceptors (Lipinski definition) is 4. The Bertz CT molecular complexity index is 526. The highest BCUT2D eigenvalue weighted by molar-refractivity contribution is 5.94. The Morgan fingerprint density at radius 1 is 1.12 bits per heavy atom. The van der Waals surface area contributed by atoms with Crippen molar-refractivity contribution in [1.29, 1.82) is 0 Å². The van der Waals surface area contributed by atoms with Crippen LogP contribution < -0.4 is 16.4 Å². The van der Waals surface area contributed by atoms with Crippen LogP contribution in [0.1, 0.15) is 36.2 Å². The molecule has 134 valence electrons. The van der Waals surface area contributed by atoms with Crippen LogP contribution in [0, 0.1) is 5.92 Å². The minimum Gasteiger partial charge on any atom is -0.351 e. The zero-order chi connectivity index (χ0) is 18.1. The van der Waals surface area contributed by atoms with Crippen molar-refractivity contribution in [2.75, 3.05) is 27.2 Å². The highest BCUT2D eigenvalue weighted by Crippen LogP contribution is 2.06. The summed E-state index contributed by atoms with van der Waals surface area (Å²) >= 11 is 0. The van der Waals surface area contributed by atoms with Crippen LogP contribution in [0.15, 0.2) is 24.3 Å². The molecule has 0 aliphatic rings. The van der Waals surface area contributed by atoms with E-state index in [9.17, 15) is 9.59 Å². The molecule has 4 N–H and O–H groups in total. The van der Waals surface area contributed by atoms with Gasteiger partial charge in [-0.2, -0.15) is 0 Å². The van der Waals surface area contributed by atoms with Gasteiger partial charge in [0.1, 0.15) is 0 Å². The third-order valence-corrected chi connectivity index (χ3v) is 3.59. The molecule has 0 unspecified atom stereocenters. The normalized spacial score (nSPS) is 12.3. The maximum atomic E-state index is 12.0. The van der Waals surface area contributed by atoms with Crippen LogP contribution in [0.5, 0.6) is 0 Å². The monoisotopic (exact) mass is 334 g/mol. The van der Waals surface area contributed by atoms with Gasteiger partial charge in [-0.3, -0.25) is 9.59 Å². The van der Waals surface area contributed by atoms with Crippen molar-refractivity contribution in [2.24, 2.45) is 11.7 Å². The van der Waals surface area contributed by atoms with Crippen LogP contribution in [0.4, 0.5) is 0 Å². The molecule has 0 fully saturated rings. The molecule has 0 spiro atoms. The van der Waals surface area contributed by atoms with Crippen molar-refractivity contribution in [3.8, 4) is 0 Å². The summed E-state index contributed by atoms with van der Waals surface area (Å²) < 4.78 is 0. The number of rotatable bonds is 9. The summed E-state index contributed by atoms with van der Waals surface area (Å²) in [5.41, 5.74) is 7.39. The van der Waals surface area contributed by atoms with Crippen molar-refractivity contribution in [3.05, 3.63) is 35.4 Å². The van der Waals surface area contributed by atoms with Gasteiger partial charge in [0.2, 0.25) is 5.91 Å². The molecule has 0 bridgehead atoms. The molecule has 2 amide bonds. The van der Waals surface area contributed by atoms with E-state index < -0.39 is 6.04 Å². The molecule has 0 aliphatic heterocycles. The fourth-order valence-corrected chi connectivity index (χ4v) is 2.20. The van der Waals surface area contributed by atoms with Crippen LogP contribution in [-0.4, -0.2) is 49.9 Å². The van der Waals surface area contributed by atoms with Gasteiger partial charge < -0.3 is 21.3 Å². The lowest BCUT2D eigenvalue weighted by molar-refractivity contribution is -0.122. The van der Waals surface area contributed by atoms with Gasteiger partial charge in [0.25, 0.3) is 5.91 Å². The minimum absolute atomic E-state index is 0.0913. The largest absolute Gasteiger partial charge is 0.351 e. The molecule has 0 radical (unpaired) electrons. The number of carbonyl (C=O) groups is 2. The van der Waals surface area contributed by atoms with Crippen LogP contribution >= 0.6 is 0 Å². The third-order valence-electron chi connectivity index (χ3n) is 3.59. The van der Waals surface area contributed by atoms with E-state index in [1.807, 2.05) is 45.0 Å². The maximum absolute atomic E-state index is 12.0. The molecular formula is C18H30N4O2. The Morgan fingerprint density at radius 3 is 2.29 bits per heavy atom. The average Bonchev–Trinajstić information content (AvgIpc) is 2.51. The molecule has 1 aromatic rings. The highest BCUT2D eigenvalue weighted by Gasteiger charge is 2.14. The van der Waals surface area contributed by atoms with E-state index >= 15 is 0 Å². The van der Waals surface area contributed by atoms with Crippen LogP contribution in [-0.2, 0) is 11.3 Å². The molecular weight excluding hydrogens is 304 g/mol. The third kappa shape index (κ3) is 7.57. The van der Waals surface area contributed by atoms with Crippen molar-refractivity contribution in [1.82, 2.24) is 15.5 Å². The second kappa shape index (κ2) is 10.1. The zero-order valence-electron chi connectivity index (χ0n) is 15.1. The molecule has 0 saturated heterocycles. The molecule has 0 aromatic heterocycles. The lowest BCUT2D eigenvalue weighted by Gasteiger charge is -2.14. The molecule has 1 aromatic carbocycles. The summed E-state index contributed by atoms with van der Waals surface area (Å²) in [7, 11) is 3.92. The van der Waals surface area contributed by atoms with E-state index in [1.54, 1.807) is 12.1 Å². The predicted octanol–water partition coefficient (Wildman–Crippen LogP) is 0.968. The van der Waals surface area contributed by atoms with Crippen molar-refractivity contribution >= 4 is 11.8 Å². The van der Waals surface area contributed by atoms with Crippen molar-refractivity contribution < 1.29 is 9.59 Å². The summed E-state index contributed by atoms with van der Waals surface area (Å²) in [5, 5.41) is 5.70. The summed E-state index contributed by atoms with van der Waals surface area (Å²) in [5.74, 6) is 0.150. The highest BCUT2D eigenvalue weighted by atomic mass is 16.2. The molecule has 1 rings (SSSR count). The van der Waals surface area contributed by atoms with Crippen molar-refractivity contribution in [3.63, 3.8) is 0 Å². The first-order valence-electron chi connectivity index (χ1n) is 8.34. The summed E-state index contributed by atoms with van der Waals surface area (Å²) in [6.45, 7) is 5.89. The number of nitrogens with one attached hydrogen (secondary N) is 2. The molecule has 0 heterocycles. The summed E-state index contributed by atoms with van der Waals surface area (Å²) in [6, 6.07) is 6.73. The molecule has 1 atom stereocenters. The SMILES string of the molecule is CC(C)C[C@H](N)C(=O)NCc1ccc(C(=O)NCCN(C)C)cc1. The lowest BCUT2D eigenvalue weighted by atomic mass is 10.0. The van der Waals surface area contributed by atoms with Crippen LogP contribution in [0.2, 0.25) is 0 Å². The quantitative estimate of drug-likeness (QED) is 0.628. The van der Waals surface area contributed by atoms with Crippen LogP contribution in [0.3, 0.4) is 0 Å². The Hall–Kier alpha value is -1.92. The number of nitrogens with zero attached hydrogens (tertiary/aromatic N) is 1. The lowest BCUT2D eigenvalue weighted by Crippen LogP contribution is -2.41. The van der Waals surface area contributed by atoms with Gasteiger partial charge in [0.05, 0.1) is 6.04 Å². The fourth-order valence-electron chi connectivity index (χ4n) is 2.20. The summed E-state index contributed by atoms with van der Waals surface area (Å²) in [4.78, 5) is 25.9. The minimum atomic E-state index is -0.480. The fraction of sp³-hybridized carbons (Fsp3) is 0.556. The first-order valence-corrected chi connectivity index (χ1v) is 8.34. The summed E-state index contributed by atoms with van der Waals surface area (Å²) in [6.07, 6.45) is 0.665. The maximum Gasteiger partial charge on any atom is 0.251 e. The van der Waals surface area contributed by atoms with Gasteiger partial charge in [0, 0.05) is 25.2 Å². The van der Waals surface area contributed by atoms with E-state index in [4.69, 9.17) is 5.73 Å². The van der Waals surface area contributed by atoms with Crippen molar-refractivity contribution in [2.45, 2.75) is 32.9 Å². The van der Waals surface area contributed by atoms with E-state index in [-0.39, 0.29) is 11.8 Å². The Kier molecular flexibility index (Phi) is 8.43. The van der Waals surface area contributed by atoms with E-state index in [0.29, 0.717) is 31.0 Å². The Morgan fingerprint density at radius 2 is 1.75 bits per heavy atom. The Balaban J connectivity index is 2.44. The molecule has 24 heavy (non-hydrogen) atoms. The van der Waals surface area contributed by atoms with E-state index in [2.05, 4.69) is 10.6 Å². The molecule has 6 nitrogen and oxygen atoms in total. The van der Waals surface area contributed by atoms with Gasteiger partial charge in [-0.15, -0.1) is 0 Å². The van der Waals surface area contributed by atoms with Gasteiger partial charge >= 0.3 is 0 Å². The number of carbonyl (C=O) groups excluding carboxylic acids is 2. The van der Waals surface area contributed by atoms with Gasteiger partial charge in [-0.25, -0.2) is 0 Å². The predicted molar refractivity (Wildman–Crippen MR) is 96.6 cm³/mol. The number of likely N-dealkylation sites (N-methyl/N-ethyl adjacent to an activating group) is 1. The van der Waals surface area contributed by atoms with E-state index in [1.165, 1.54) is 0 Å².